The summed E-state index contributed by atoms with van der Waals surface area (Å²) in [4.78, 5) is 6.59. The van der Waals surface area contributed by atoms with Gasteiger partial charge in [0.05, 0.1) is 12.3 Å². The fourth-order valence-corrected chi connectivity index (χ4v) is 1.45. The highest BCUT2D eigenvalue weighted by molar-refractivity contribution is 5.13. The van der Waals surface area contributed by atoms with Crippen molar-refractivity contribution < 1.29 is 4.74 Å². The first-order valence-electron chi connectivity index (χ1n) is 5.50. The number of hydrogen-bond acceptors (Lipinski definition) is 4. The summed E-state index contributed by atoms with van der Waals surface area (Å²) in [7, 11) is 3.79. The molecule has 4 nitrogen and oxygen atoms in total. The van der Waals surface area contributed by atoms with Crippen molar-refractivity contribution in [3.8, 4) is 0 Å². The van der Waals surface area contributed by atoms with Crippen LogP contribution in [0.15, 0.2) is 18.3 Å². The maximum Gasteiger partial charge on any atom is 0.0615 e. The van der Waals surface area contributed by atoms with E-state index in [9.17, 15) is 0 Å². The number of ether oxygens (including phenoxy) is 1. The molecule has 2 N–H and O–H groups in total. The quantitative estimate of drug-likeness (QED) is 0.782. The fraction of sp³-hybridized carbons (Fsp3) is 0.583. The molecule has 0 saturated heterocycles. The Labute approximate surface area is 97.4 Å². The van der Waals surface area contributed by atoms with Crippen LogP contribution < -0.4 is 5.73 Å². The first kappa shape index (κ1) is 13.1. The number of nitrogens with two attached hydrogens (primary N) is 1. The Kier molecular flexibility index (Phi) is 5.38. The van der Waals surface area contributed by atoms with Crippen molar-refractivity contribution in [2.24, 2.45) is 5.73 Å². The molecule has 1 aromatic heterocycles. The largest absolute Gasteiger partial charge is 0.383 e. The topological polar surface area (TPSA) is 51.4 Å². The lowest BCUT2D eigenvalue weighted by atomic mass is 10.2. The van der Waals surface area contributed by atoms with Gasteiger partial charge in [-0.3, -0.25) is 9.88 Å². The summed E-state index contributed by atoms with van der Waals surface area (Å²) in [6.07, 6.45) is 1.84. The normalized spacial score (nSPS) is 13.1. The highest BCUT2D eigenvalue weighted by Crippen LogP contribution is 2.05. The van der Waals surface area contributed by atoms with Gasteiger partial charge >= 0.3 is 0 Å². The molecule has 0 saturated carbocycles. The van der Waals surface area contributed by atoms with E-state index in [0.29, 0.717) is 12.6 Å². The third kappa shape index (κ3) is 3.89. The second-order valence-corrected chi connectivity index (χ2v) is 4.08. The minimum Gasteiger partial charge on any atom is -0.383 e. The number of methoxy groups -OCH3 is 1. The van der Waals surface area contributed by atoms with E-state index in [1.807, 2.05) is 18.3 Å². The van der Waals surface area contributed by atoms with E-state index < -0.39 is 0 Å². The first-order chi connectivity index (χ1) is 7.67. The zero-order chi connectivity index (χ0) is 12.0. The van der Waals surface area contributed by atoms with Crippen LogP contribution in [0.2, 0.25) is 0 Å². The molecule has 0 fully saturated rings. The minimum atomic E-state index is 0.390. The van der Waals surface area contributed by atoms with Crippen LogP contribution in [-0.4, -0.2) is 36.7 Å². The minimum absolute atomic E-state index is 0.390. The number of nitrogens with zero attached hydrogens (tertiary/aromatic N) is 2. The lowest BCUT2D eigenvalue weighted by Gasteiger charge is -2.23. The molecule has 0 spiro atoms. The first-order valence-corrected chi connectivity index (χ1v) is 5.50. The predicted molar refractivity (Wildman–Crippen MR) is 64.9 cm³/mol. The second-order valence-electron chi connectivity index (χ2n) is 4.08. The van der Waals surface area contributed by atoms with Gasteiger partial charge in [-0.2, -0.15) is 0 Å². The van der Waals surface area contributed by atoms with Crippen LogP contribution in [0.5, 0.6) is 0 Å². The van der Waals surface area contributed by atoms with Crippen molar-refractivity contribution in [1.29, 1.82) is 0 Å². The average Bonchev–Trinajstić information content (AvgIpc) is 2.30. The molecular formula is C12H21N3O. The number of rotatable bonds is 6. The predicted octanol–water partition coefficient (Wildman–Crippen LogP) is 1.01. The van der Waals surface area contributed by atoms with E-state index in [1.165, 1.54) is 0 Å². The van der Waals surface area contributed by atoms with Crippen LogP contribution in [-0.2, 0) is 17.8 Å². The lowest BCUT2D eigenvalue weighted by Crippen LogP contribution is -2.32. The third-order valence-electron chi connectivity index (χ3n) is 2.69. The van der Waals surface area contributed by atoms with Crippen LogP contribution in [0.1, 0.15) is 18.2 Å². The molecule has 0 bridgehead atoms. The summed E-state index contributed by atoms with van der Waals surface area (Å²) in [5.41, 5.74) is 7.65. The standard InChI is InChI=1S/C12H21N3O/c1-10(9-16-3)15(2)8-12-5-4-11(6-13)7-14-12/h4-5,7,10H,6,8-9,13H2,1-3H3. The van der Waals surface area contributed by atoms with Crippen LogP contribution in [0, 0.1) is 0 Å². The molecule has 1 unspecified atom stereocenters. The molecule has 1 aromatic rings. The summed E-state index contributed by atoms with van der Waals surface area (Å²) in [6.45, 7) is 4.24. The maximum atomic E-state index is 5.52. The molecule has 4 heteroatoms. The van der Waals surface area contributed by atoms with Crippen molar-refractivity contribution in [2.45, 2.75) is 26.1 Å². The van der Waals surface area contributed by atoms with E-state index in [-0.39, 0.29) is 0 Å². The molecule has 0 aromatic carbocycles. The highest BCUT2D eigenvalue weighted by Gasteiger charge is 2.09. The Morgan fingerprint density at radius 2 is 2.25 bits per heavy atom. The van der Waals surface area contributed by atoms with Gasteiger partial charge in [-0.1, -0.05) is 6.07 Å². The molecule has 0 aliphatic heterocycles. The van der Waals surface area contributed by atoms with Crippen molar-refractivity contribution in [1.82, 2.24) is 9.88 Å². The Morgan fingerprint density at radius 3 is 2.75 bits per heavy atom. The molecule has 1 heterocycles. The van der Waals surface area contributed by atoms with Gasteiger partial charge in [-0.25, -0.2) is 0 Å². The van der Waals surface area contributed by atoms with Gasteiger partial charge in [0.25, 0.3) is 0 Å². The molecular weight excluding hydrogens is 202 g/mol. The van der Waals surface area contributed by atoms with Gasteiger partial charge in [0.2, 0.25) is 0 Å². The summed E-state index contributed by atoms with van der Waals surface area (Å²) in [5.74, 6) is 0. The Morgan fingerprint density at radius 1 is 1.50 bits per heavy atom. The number of hydrogen-bond donors (Lipinski definition) is 1. The molecule has 16 heavy (non-hydrogen) atoms. The molecule has 0 amide bonds. The monoisotopic (exact) mass is 223 g/mol. The zero-order valence-electron chi connectivity index (χ0n) is 10.3. The van der Waals surface area contributed by atoms with Crippen molar-refractivity contribution in [3.05, 3.63) is 29.6 Å². The van der Waals surface area contributed by atoms with Gasteiger partial charge in [-0.15, -0.1) is 0 Å². The summed E-state index contributed by atoms with van der Waals surface area (Å²) in [6, 6.07) is 4.44. The lowest BCUT2D eigenvalue weighted by molar-refractivity contribution is 0.111. The second kappa shape index (κ2) is 6.58. The Bertz CT molecular complexity index is 300. The molecule has 90 valence electrons. The van der Waals surface area contributed by atoms with E-state index in [4.69, 9.17) is 10.5 Å². The van der Waals surface area contributed by atoms with E-state index >= 15 is 0 Å². The molecule has 1 atom stereocenters. The highest BCUT2D eigenvalue weighted by atomic mass is 16.5. The number of likely N-dealkylation sites (N-methyl/N-ethyl adjacent to an activating group) is 1. The van der Waals surface area contributed by atoms with E-state index in [1.54, 1.807) is 7.11 Å². The van der Waals surface area contributed by atoms with Gasteiger partial charge in [-0.05, 0) is 25.6 Å². The molecule has 0 radical (unpaired) electrons. The van der Waals surface area contributed by atoms with Crippen molar-refractivity contribution in [3.63, 3.8) is 0 Å². The van der Waals surface area contributed by atoms with Crippen molar-refractivity contribution in [2.75, 3.05) is 20.8 Å². The SMILES string of the molecule is COCC(C)N(C)Cc1ccc(CN)cn1. The van der Waals surface area contributed by atoms with Crippen LogP contribution >= 0.6 is 0 Å². The number of aromatic nitrogens is 1. The Hall–Kier alpha value is -0.970. The van der Waals surface area contributed by atoms with E-state index in [0.717, 1.165) is 24.4 Å². The van der Waals surface area contributed by atoms with Gasteiger partial charge < -0.3 is 10.5 Å². The number of pyridine rings is 1. The van der Waals surface area contributed by atoms with Crippen LogP contribution in [0.3, 0.4) is 0 Å². The summed E-state index contributed by atoms with van der Waals surface area (Å²) in [5, 5.41) is 0. The molecule has 0 aliphatic rings. The summed E-state index contributed by atoms with van der Waals surface area (Å²) < 4.78 is 5.12. The van der Waals surface area contributed by atoms with Crippen LogP contribution in [0.25, 0.3) is 0 Å². The fourth-order valence-electron chi connectivity index (χ4n) is 1.45. The third-order valence-corrected chi connectivity index (χ3v) is 2.69. The van der Waals surface area contributed by atoms with Crippen molar-refractivity contribution >= 4 is 0 Å². The van der Waals surface area contributed by atoms with Gasteiger partial charge in [0, 0.05) is 32.4 Å². The maximum absolute atomic E-state index is 5.52. The Balaban J connectivity index is 2.52. The van der Waals surface area contributed by atoms with Gasteiger partial charge in [0.15, 0.2) is 0 Å². The van der Waals surface area contributed by atoms with Gasteiger partial charge in [0.1, 0.15) is 0 Å². The molecule has 1 rings (SSSR count). The van der Waals surface area contributed by atoms with E-state index in [2.05, 4.69) is 23.9 Å². The average molecular weight is 223 g/mol. The van der Waals surface area contributed by atoms with Crippen LogP contribution in [0.4, 0.5) is 0 Å². The smallest absolute Gasteiger partial charge is 0.0615 e. The molecule has 0 aliphatic carbocycles. The zero-order valence-corrected chi connectivity index (χ0v) is 10.3. The summed E-state index contributed by atoms with van der Waals surface area (Å²) >= 11 is 0.